The predicted octanol–water partition coefficient (Wildman–Crippen LogP) is 0.0115. The molecule has 0 aliphatic heterocycles. The Kier molecular flexibility index (Phi) is 1.77. The zero-order valence-electron chi connectivity index (χ0n) is 8.39. The van der Waals surface area contributed by atoms with E-state index < -0.39 is 0 Å². The number of anilines is 2. The first-order chi connectivity index (χ1) is 6.59. The number of hydrogen-bond donors (Lipinski definition) is 1. The molecule has 0 atom stereocenters. The van der Waals surface area contributed by atoms with Crippen LogP contribution < -0.4 is 10.6 Å². The minimum atomic E-state index is 0.268. The molecule has 14 heavy (non-hydrogen) atoms. The summed E-state index contributed by atoms with van der Waals surface area (Å²) >= 11 is 0. The van der Waals surface area contributed by atoms with Gasteiger partial charge in [-0.3, -0.25) is 0 Å². The Balaban J connectivity index is 2.82. The average molecular weight is 192 g/mol. The summed E-state index contributed by atoms with van der Waals surface area (Å²) in [6.45, 7) is 0. The van der Waals surface area contributed by atoms with Crippen molar-refractivity contribution in [1.29, 1.82) is 0 Å². The van der Waals surface area contributed by atoms with Gasteiger partial charge in [0.25, 0.3) is 0 Å². The van der Waals surface area contributed by atoms with E-state index in [9.17, 15) is 0 Å². The first kappa shape index (κ1) is 8.74. The third-order valence-corrected chi connectivity index (χ3v) is 1.98. The Morgan fingerprint density at radius 1 is 1.36 bits per heavy atom. The Bertz CT molecular complexity index is 472. The maximum atomic E-state index is 5.60. The van der Waals surface area contributed by atoms with Crippen molar-refractivity contribution in [1.82, 2.24) is 19.5 Å². The van der Waals surface area contributed by atoms with Crippen LogP contribution in [0, 0.1) is 0 Å². The van der Waals surface area contributed by atoms with Crippen LogP contribution in [0.15, 0.2) is 6.33 Å². The van der Waals surface area contributed by atoms with E-state index in [-0.39, 0.29) is 5.95 Å². The number of nitrogens with two attached hydrogens (primary N) is 1. The molecule has 2 N–H and O–H groups in total. The Morgan fingerprint density at radius 2 is 2.07 bits per heavy atom. The average Bonchev–Trinajstić information content (AvgIpc) is 2.47. The molecule has 0 aliphatic carbocycles. The Morgan fingerprint density at radius 3 is 2.71 bits per heavy atom. The van der Waals surface area contributed by atoms with Gasteiger partial charge in [0, 0.05) is 21.1 Å². The van der Waals surface area contributed by atoms with Gasteiger partial charge in [0.05, 0.1) is 6.33 Å². The van der Waals surface area contributed by atoms with Gasteiger partial charge in [0.15, 0.2) is 17.0 Å². The molecule has 2 heterocycles. The molecule has 0 aliphatic rings. The van der Waals surface area contributed by atoms with Crippen molar-refractivity contribution < 1.29 is 0 Å². The molecule has 0 aromatic carbocycles. The molecule has 0 saturated carbocycles. The molecule has 0 amide bonds. The van der Waals surface area contributed by atoms with Crippen LogP contribution in [0.3, 0.4) is 0 Å². The van der Waals surface area contributed by atoms with Gasteiger partial charge in [-0.1, -0.05) is 0 Å². The van der Waals surface area contributed by atoms with E-state index in [0.29, 0.717) is 0 Å². The molecule has 6 heteroatoms. The molecular weight excluding hydrogens is 180 g/mol. The number of hydrogen-bond acceptors (Lipinski definition) is 5. The molecule has 2 rings (SSSR count). The fourth-order valence-electron chi connectivity index (χ4n) is 1.32. The third-order valence-electron chi connectivity index (χ3n) is 1.98. The van der Waals surface area contributed by atoms with E-state index in [1.165, 1.54) is 0 Å². The van der Waals surface area contributed by atoms with E-state index in [1.54, 1.807) is 6.33 Å². The summed E-state index contributed by atoms with van der Waals surface area (Å²) in [4.78, 5) is 14.3. The normalized spacial score (nSPS) is 10.8. The van der Waals surface area contributed by atoms with E-state index in [0.717, 1.165) is 17.0 Å². The van der Waals surface area contributed by atoms with Crippen LogP contribution in [0.1, 0.15) is 0 Å². The smallest absolute Gasteiger partial charge is 0.224 e. The lowest BCUT2D eigenvalue weighted by molar-refractivity contribution is 0.929. The van der Waals surface area contributed by atoms with Crippen LogP contribution in [-0.4, -0.2) is 33.6 Å². The molecule has 74 valence electrons. The van der Waals surface area contributed by atoms with Crippen molar-refractivity contribution in [3.8, 4) is 0 Å². The molecule has 0 saturated heterocycles. The highest BCUT2D eigenvalue weighted by Crippen LogP contribution is 2.20. The van der Waals surface area contributed by atoms with Gasteiger partial charge in [-0.15, -0.1) is 0 Å². The van der Waals surface area contributed by atoms with Gasteiger partial charge >= 0.3 is 0 Å². The number of nitrogens with zero attached hydrogens (tertiary/aromatic N) is 5. The molecule has 0 spiro atoms. The lowest BCUT2D eigenvalue weighted by atomic mass is 10.4. The van der Waals surface area contributed by atoms with Crippen molar-refractivity contribution in [2.45, 2.75) is 0 Å². The zero-order valence-corrected chi connectivity index (χ0v) is 8.39. The van der Waals surface area contributed by atoms with Crippen LogP contribution in [-0.2, 0) is 7.05 Å². The first-order valence-electron chi connectivity index (χ1n) is 4.21. The fraction of sp³-hybridized carbons (Fsp3) is 0.375. The van der Waals surface area contributed by atoms with Gasteiger partial charge < -0.3 is 15.2 Å². The van der Waals surface area contributed by atoms with Gasteiger partial charge in [0.1, 0.15) is 0 Å². The van der Waals surface area contributed by atoms with E-state index >= 15 is 0 Å². The van der Waals surface area contributed by atoms with Crippen molar-refractivity contribution in [3.63, 3.8) is 0 Å². The van der Waals surface area contributed by atoms with Gasteiger partial charge in [0.2, 0.25) is 5.95 Å². The highest BCUT2D eigenvalue weighted by atomic mass is 15.2. The summed E-state index contributed by atoms with van der Waals surface area (Å²) < 4.78 is 1.82. The molecule has 0 unspecified atom stereocenters. The van der Waals surface area contributed by atoms with Crippen LogP contribution in [0.2, 0.25) is 0 Å². The topological polar surface area (TPSA) is 72.9 Å². The largest absolute Gasteiger partial charge is 0.368 e. The van der Waals surface area contributed by atoms with Crippen molar-refractivity contribution >= 4 is 22.9 Å². The van der Waals surface area contributed by atoms with Crippen molar-refractivity contribution in [2.24, 2.45) is 7.05 Å². The molecule has 6 nitrogen and oxygen atoms in total. The molecule has 2 aromatic rings. The Labute approximate surface area is 81.4 Å². The first-order valence-corrected chi connectivity index (χ1v) is 4.21. The highest BCUT2D eigenvalue weighted by Gasteiger charge is 2.11. The summed E-state index contributed by atoms with van der Waals surface area (Å²) in [5, 5.41) is 0. The monoisotopic (exact) mass is 192 g/mol. The fourth-order valence-corrected chi connectivity index (χ4v) is 1.32. The molecule has 0 bridgehead atoms. The van der Waals surface area contributed by atoms with Gasteiger partial charge in [-0.25, -0.2) is 4.98 Å². The van der Waals surface area contributed by atoms with Crippen molar-refractivity contribution in [3.05, 3.63) is 6.33 Å². The number of aromatic nitrogens is 4. The second kappa shape index (κ2) is 2.83. The summed E-state index contributed by atoms with van der Waals surface area (Å²) in [6.07, 6.45) is 1.70. The number of rotatable bonds is 1. The lowest BCUT2D eigenvalue weighted by Crippen LogP contribution is -2.13. The van der Waals surface area contributed by atoms with Crippen LogP contribution >= 0.6 is 0 Å². The van der Waals surface area contributed by atoms with Gasteiger partial charge in [-0.05, 0) is 0 Å². The van der Waals surface area contributed by atoms with E-state index in [2.05, 4.69) is 15.0 Å². The number of fused-ring (bicyclic) bond motifs is 1. The third kappa shape index (κ3) is 1.15. The molecule has 2 aromatic heterocycles. The van der Waals surface area contributed by atoms with Crippen LogP contribution in [0.4, 0.5) is 11.8 Å². The number of imidazole rings is 1. The Hall–Kier alpha value is -1.85. The summed E-state index contributed by atoms with van der Waals surface area (Å²) in [5.74, 6) is 1.01. The standard InChI is InChI=1S/C8H12N6/c1-13(2)6-5-7(12-8(9)11-6)14(3)4-10-5/h4H,1-3H3,(H2,9,11,12). The second-order valence-electron chi connectivity index (χ2n) is 3.33. The highest BCUT2D eigenvalue weighted by molar-refractivity contribution is 5.84. The van der Waals surface area contributed by atoms with Crippen LogP contribution in [0.5, 0.6) is 0 Å². The molecule has 0 fully saturated rings. The van der Waals surface area contributed by atoms with E-state index in [1.807, 2.05) is 30.6 Å². The second-order valence-corrected chi connectivity index (χ2v) is 3.33. The predicted molar refractivity (Wildman–Crippen MR) is 55.0 cm³/mol. The minimum Gasteiger partial charge on any atom is -0.368 e. The molecular formula is C8H12N6. The quantitative estimate of drug-likeness (QED) is 0.689. The minimum absolute atomic E-state index is 0.268. The number of nitrogen functional groups attached to an aromatic ring is 1. The summed E-state index contributed by atoms with van der Waals surface area (Å²) in [6, 6.07) is 0. The van der Waals surface area contributed by atoms with Crippen molar-refractivity contribution in [2.75, 3.05) is 24.7 Å². The summed E-state index contributed by atoms with van der Waals surface area (Å²) in [5.41, 5.74) is 7.12. The van der Waals surface area contributed by atoms with E-state index in [4.69, 9.17) is 5.73 Å². The SMILES string of the molecule is CN(C)c1nc(N)nc2c1ncn2C. The maximum absolute atomic E-state index is 5.60. The summed E-state index contributed by atoms with van der Waals surface area (Å²) in [7, 11) is 5.67. The zero-order chi connectivity index (χ0) is 10.3. The number of aryl methyl sites for hydroxylation is 1. The van der Waals surface area contributed by atoms with Crippen LogP contribution in [0.25, 0.3) is 11.2 Å². The van der Waals surface area contributed by atoms with Gasteiger partial charge in [-0.2, -0.15) is 9.97 Å². The maximum Gasteiger partial charge on any atom is 0.224 e. The lowest BCUT2D eigenvalue weighted by Gasteiger charge is -2.11. The molecule has 0 radical (unpaired) electrons.